The molecule has 0 radical (unpaired) electrons. The number of aromatic amines is 1. The molecular weight excluding hydrogens is 262 g/mol. The molecule has 0 unspecified atom stereocenters. The zero-order valence-electron chi connectivity index (χ0n) is 11.9. The van der Waals surface area contributed by atoms with E-state index in [0.717, 1.165) is 43.4 Å². The van der Waals surface area contributed by atoms with E-state index in [0.29, 0.717) is 6.04 Å². The van der Waals surface area contributed by atoms with Crippen LogP contribution in [-0.4, -0.2) is 22.1 Å². The molecule has 0 aliphatic heterocycles. The second-order valence-electron chi connectivity index (χ2n) is 6.12. The molecule has 0 bridgehead atoms. The summed E-state index contributed by atoms with van der Waals surface area (Å²) in [6, 6.07) is 10.6. The van der Waals surface area contributed by atoms with E-state index < -0.39 is 0 Å². The molecule has 1 aromatic heterocycles. The lowest BCUT2D eigenvalue weighted by atomic mass is 9.85. The molecule has 1 aromatic carbocycles. The van der Waals surface area contributed by atoms with Crippen LogP contribution in [0.2, 0.25) is 0 Å². The molecule has 1 heterocycles. The molecule has 108 valence electrons. The highest BCUT2D eigenvalue weighted by molar-refractivity contribution is 5.80. The monoisotopic (exact) mass is 281 g/mol. The van der Waals surface area contributed by atoms with E-state index in [1.807, 2.05) is 18.2 Å². The largest absolute Gasteiger partial charge is 0.353 e. The van der Waals surface area contributed by atoms with Gasteiger partial charge in [0.1, 0.15) is 0 Å². The lowest BCUT2D eigenvalue weighted by Crippen LogP contribution is -2.35. The summed E-state index contributed by atoms with van der Waals surface area (Å²) >= 11 is 0. The lowest BCUT2D eigenvalue weighted by molar-refractivity contribution is -0.125. The zero-order chi connectivity index (χ0) is 14.2. The van der Waals surface area contributed by atoms with Gasteiger partial charge in [0.05, 0.1) is 5.69 Å². The smallest absolute Gasteiger partial charge is 0.223 e. The minimum absolute atomic E-state index is 0.0955. The van der Waals surface area contributed by atoms with Crippen LogP contribution in [0.25, 0.3) is 11.3 Å². The molecule has 21 heavy (non-hydrogen) atoms. The number of fused-ring (bicyclic) bond motifs is 1. The van der Waals surface area contributed by atoms with Crippen LogP contribution in [0.4, 0.5) is 0 Å². The van der Waals surface area contributed by atoms with Crippen molar-refractivity contribution < 1.29 is 4.79 Å². The van der Waals surface area contributed by atoms with Crippen molar-refractivity contribution in [3.05, 3.63) is 41.6 Å². The molecule has 2 aliphatic rings. The number of benzene rings is 1. The van der Waals surface area contributed by atoms with E-state index in [-0.39, 0.29) is 11.8 Å². The molecular formula is C17H19N3O. The Morgan fingerprint density at radius 2 is 2.00 bits per heavy atom. The average Bonchev–Trinajstić information content (AvgIpc) is 3.24. The number of hydrogen-bond donors (Lipinski definition) is 2. The van der Waals surface area contributed by atoms with Gasteiger partial charge in [0.15, 0.2) is 0 Å². The second kappa shape index (κ2) is 5.02. The van der Waals surface area contributed by atoms with Crippen LogP contribution in [0.1, 0.15) is 30.5 Å². The summed E-state index contributed by atoms with van der Waals surface area (Å²) in [4.78, 5) is 12.3. The quantitative estimate of drug-likeness (QED) is 0.908. The van der Waals surface area contributed by atoms with E-state index in [4.69, 9.17) is 0 Å². The summed E-state index contributed by atoms with van der Waals surface area (Å²) in [5.74, 6) is 0.321. The van der Waals surface area contributed by atoms with Gasteiger partial charge in [0.2, 0.25) is 5.91 Å². The van der Waals surface area contributed by atoms with Gasteiger partial charge in [-0.3, -0.25) is 9.89 Å². The summed E-state index contributed by atoms with van der Waals surface area (Å²) < 4.78 is 0. The van der Waals surface area contributed by atoms with Gasteiger partial charge in [-0.05, 0) is 32.1 Å². The van der Waals surface area contributed by atoms with Crippen molar-refractivity contribution in [2.24, 2.45) is 5.92 Å². The average molecular weight is 281 g/mol. The van der Waals surface area contributed by atoms with E-state index in [1.165, 1.54) is 11.3 Å². The molecule has 1 fully saturated rings. The molecule has 2 aliphatic carbocycles. The van der Waals surface area contributed by atoms with Gasteiger partial charge in [0.25, 0.3) is 0 Å². The number of H-pyrrole nitrogens is 1. The van der Waals surface area contributed by atoms with Crippen LogP contribution in [0.15, 0.2) is 30.3 Å². The van der Waals surface area contributed by atoms with Crippen LogP contribution in [0.5, 0.6) is 0 Å². The molecule has 0 saturated heterocycles. The standard InChI is InChI=1S/C17H19N3O/c21-17(18-13-7-8-13)12-6-9-15-14(10-12)16(20-19-15)11-4-2-1-3-5-11/h1-5,12-13H,6-10H2,(H,18,21)(H,19,20)/t12-/m1/s1. The minimum Gasteiger partial charge on any atom is -0.353 e. The van der Waals surface area contributed by atoms with Crippen molar-refractivity contribution >= 4 is 5.91 Å². The second-order valence-corrected chi connectivity index (χ2v) is 6.12. The summed E-state index contributed by atoms with van der Waals surface area (Å²) in [6.07, 6.45) is 4.92. The van der Waals surface area contributed by atoms with Gasteiger partial charge >= 0.3 is 0 Å². The van der Waals surface area contributed by atoms with Crippen LogP contribution in [-0.2, 0) is 17.6 Å². The SMILES string of the molecule is O=C(NC1CC1)[C@@H]1CCc2[nH]nc(-c3ccccc3)c2C1. The fraction of sp³-hybridized carbons (Fsp3) is 0.412. The lowest BCUT2D eigenvalue weighted by Gasteiger charge is -2.21. The molecule has 1 atom stereocenters. The maximum atomic E-state index is 12.3. The Labute approximate surface area is 124 Å². The number of nitrogens with zero attached hydrogens (tertiary/aromatic N) is 1. The van der Waals surface area contributed by atoms with Gasteiger partial charge in [-0.2, -0.15) is 5.10 Å². The van der Waals surface area contributed by atoms with Crippen molar-refractivity contribution in [3.63, 3.8) is 0 Å². The van der Waals surface area contributed by atoms with Crippen LogP contribution in [0, 0.1) is 5.92 Å². The van der Waals surface area contributed by atoms with Crippen LogP contribution >= 0.6 is 0 Å². The minimum atomic E-state index is 0.0955. The third-order valence-electron chi connectivity index (χ3n) is 4.49. The maximum Gasteiger partial charge on any atom is 0.223 e. The number of nitrogens with one attached hydrogen (secondary N) is 2. The number of aryl methyl sites for hydroxylation is 1. The van der Waals surface area contributed by atoms with E-state index in [2.05, 4.69) is 27.6 Å². The van der Waals surface area contributed by atoms with Crippen molar-refractivity contribution in [3.8, 4) is 11.3 Å². The van der Waals surface area contributed by atoms with E-state index in [9.17, 15) is 4.79 Å². The summed E-state index contributed by atoms with van der Waals surface area (Å²) in [5, 5.41) is 10.8. The van der Waals surface area contributed by atoms with Gasteiger partial charge in [-0.25, -0.2) is 0 Å². The molecule has 2 aromatic rings. The van der Waals surface area contributed by atoms with Gasteiger partial charge < -0.3 is 5.32 Å². The Morgan fingerprint density at radius 3 is 2.76 bits per heavy atom. The van der Waals surface area contributed by atoms with Gasteiger partial charge in [0, 0.05) is 28.8 Å². The Bertz CT molecular complexity index is 658. The van der Waals surface area contributed by atoms with Crippen molar-refractivity contribution in [1.29, 1.82) is 0 Å². The normalized spacial score (nSPS) is 20.9. The summed E-state index contributed by atoms with van der Waals surface area (Å²) in [5.41, 5.74) is 4.56. The predicted octanol–water partition coefficient (Wildman–Crippen LogP) is 2.46. The van der Waals surface area contributed by atoms with Crippen LogP contribution < -0.4 is 5.32 Å². The van der Waals surface area contributed by atoms with Gasteiger partial charge in [-0.15, -0.1) is 0 Å². The molecule has 4 rings (SSSR count). The highest BCUT2D eigenvalue weighted by Gasteiger charge is 2.31. The fourth-order valence-electron chi connectivity index (χ4n) is 3.10. The number of hydrogen-bond acceptors (Lipinski definition) is 2. The molecule has 1 amide bonds. The summed E-state index contributed by atoms with van der Waals surface area (Å²) in [7, 11) is 0. The number of carbonyl (C=O) groups excluding carboxylic acids is 1. The van der Waals surface area contributed by atoms with Gasteiger partial charge in [-0.1, -0.05) is 30.3 Å². The van der Waals surface area contributed by atoms with Crippen molar-refractivity contribution in [2.75, 3.05) is 0 Å². The highest BCUT2D eigenvalue weighted by Crippen LogP contribution is 2.32. The Kier molecular flexibility index (Phi) is 3.02. The van der Waals surface area contributed by atoms with Crippen molar-refractivity contribution in [2.45, 2.75) is 38.1 Å². The summed E-state index contributed by atoms with van der Waals surface area (Å²) in [6.45, 7) is 0. The van der Waals surface area contributed by atoms with E-state index >= 15 is 0 Å². The number of amides is 1. The highest BCUT2D eigenvalue weighted by atomic mass is 16.2. The van der Waals surface area contributed by atoms with E-state index in [1.54, 1.807) is 0 Å². The Hall–Kier alpha value is -2.10. The molecule has 4 heteroatoms. The number of carbonyl (C=O) groups is 1. The molecule has 4 nitrogen and oxygen atoms in total. The fourth-order valence-corrected chi connectivity index (χ4v) is 3.10. The topological polar surface area (TPSA) is 57.8 Å². The Balaban J connectivity index is 1.59. The first-order valence-corrected chi connectivity index (χ1v) is 7.73. The maximum absolute atomic E-state index is 12.3. The third kappa shape index (κ3) is 2.46. The number of rotatable bonds is 3. The number of aromatic nitrogens is 2. The zero-order valence-corrected chi connectivity index (χ0v) is 11.9. The Morgan fingerprint density at radius 1 is 1.19 bits per heavy atom. The molecule has 0 spiro atoms. The third-order valence-corrected chi connectivity index (χ3v) is 4.49. The molecule has 1 saturated carbocycles. The first kappa shape index (κ1) is 12.6. The van der Waals surface area contributed by atoms with Crippen LogP contribution in [0.3, 0.4) is 0 Å². The van der Waals surface area contributed by atoms with Crippen molar-refractivity contribution in [1.82, 2.24) is 15.5 Å². The first-order valence-electron chi connectivity index (χ1n) is 7.73. The molecule has 2 N–H and O–H groups in total. The predicted molar refractivity (Wildman–Crippen MR) is 80.7 cm³/mol. The first-order chi connectivity index (χ1) is 10.3.